The molecule has 0 bridgehead atoms. The van der Waals surface area contributed by atoms with Crippen molar-refractivity contribution in [3.05, 3.63) is 17.6 Å². The molecule has 5 heteroatoms. The highest BCUT2D eigenvalue weighted by Crippen LogP contribution is 2.43. The Balaban J connectivity index is 2.01. The van der Waals surface area contributed by atoms with Crippen molar-refractivity contribution in [3.63, 3.8) is 0 Å². The zero-order chi connectivity index (χ0) is 13.2. The molecule has 0 spiro atoms. The smallest absolute Gasteiger partial charge is 0.303 e. The molecule has 0 saturated heterocycles. The van der Waals surface area contributed by atoms with Crippen LogP contribution in [0.15, 0.2) is 6.20 Å². The maximum Gasteiger partial charge on any atom is 0.303 e. The number of carboxylic acid groups (broad SMARTS) is 1. The predicted molar refractivity (Wildman–Crippen MR) is 68.5 cm³/mol. The van der Waals surface area contributed by atoms with E-state index in [0.717, 1.165) is 36.5 Å². The van der Waals surface area contributed by atoms with Crippen LogP contribution in [0.1, 0.15) is 37.1 Å². The Hall–Kier alpha value is -1.65. The highest BCUT2D eigenvalue weighted by Gasteiger charge is 2.38. The summed E-state index contributed by atoms with van der Waals surface area (Å²) < 4.78 is 0. The topological polar surface area (TPSA) is 75.1 Å². The number of nitrogens with one attached hydrogen (secondary N) is 1. The van der Waals surface area contributed by atoms with Crippen LogP contribution in [-0.2, 0) is 4.79 Å². The van der Waals surface area contributed by atoms with Gasteiger partial charge in [0, 0.05) is 12.7 Å². The molecule has 98 valence electrons. The highest BCUT2D eigenvalue weighted by atomic mass is 16.4. The van der Waals surface area contributed by atoms with E-state index < -0.39 is 5.97 Å². The number of aryl methyl sites for hydroxylation is 2. The van der Waals surface area contributed by atoms with Crippen molar-refractivity contribution in [1.29, 1.82) is 0 Å². The van der Waals surface area contributed by atoms with Crippen LogP contribution in [0.5, 0.6) is 0 Å². The molecule has 0 aliphatic heterocycles. The molecular formula is C13H19N3O2. The molecule has 0 aromatic carbocycles. The normalized spacial score (nSPS) is 17.0. The average Bonchev–Trinajstić information content (AvgIpc) is 2.26. The van der Waals surface area contributed by atoms with E-state index in [2.05, 4.69) is 15.3 Å². The summed E-state index contributed by atoms with van der Waals surface area (Å²) in [5.74, 6) is 0.0511. The SMILES string of the molecule is Cc1cnc(C)c(NCC2(CC(=O)O)CCC2)n1. The average molecular weight is 249 g/mol. The van der Waals surface area contributed by atoms with E-state index in [1.807, 2.05) is 13.8 Å². The summed E-state index contributed by atoms with van der Waals surface area (Å²) >= 11 is 0. The van der Waals surface area contributed by atoms with Gasteiger partial charge >= 0.3 is 5.97 Å². The molecule has 18 heavy (non-hydrogen) atoms. The molecule has 1 saturated carbocycles. The van der Waals surface area contributed by atoms with Crippen molar-refractivity contribution >= 4 is 11.8 Å². The van der Waals surface area contributed by atoms with Crippen LogP contribution in [0.3, 0.4) is 0 Å². The summed E-state index contributed by atoms with van der Waals surface area (Å²) in [7, 11) is 0. The Kier molecular flexibility index (Phi) is 3.50. The van der Waals surface area contributed by atoms with Crippen LogP contribution in [0.4, 0.5) is 5.82 Å². The molecule has 1 aromatic rings. The van der Waals surface area contributed by atoms with E-state index in [1.165, 1.54) is 0 Å². The van der Waals surface area contributed by atoms with Crippen LogP contribution in [0, 0.1) is 19.3 Å². The standard InChI is InChI=1S/C13H19N3O2/c1-9-7-14-10(2)12(16-9)15-8-13(4-3-5-13)6-11(17)18/h7H,3-6,8H2,1-2H3,(H,15,16)(H,17,18). The van der Waals surface area contributed by atoms with Crippen LogP contribution in [0.25, 0.3) is 0 Å². The third-order valence-electron chi connectivity index (χ3n) is 3.65. The molecule has 2 rings (SSSR count). The number of carboxylic acids is 1. The lowest BCUT2D eigenvalue weighted by atomic mass is 9.66. The van der Waals surface area contributed by atoms with Crippen LogP contribution < -0.4 is 5.32 Å². The van der Waals surface area contributed by atoms with Crippen molar-refractivity contribution in [2.45, 2.75) is 39.5 Å². The fourth-order valence-electron chi connectivity index (χ4n) is 2.39. The summed E-state index contributed by atoms with van der Waals surface area (Å²) in [6, 6.07) is 0. The monoisotopic (exact) mass is 249 g/mol. The predicted octanol–water partition coefficient (Wildman–Crippen LogP) is 2.15. The van der Waals surface area contributed by atoms with Crippen molar-refractivity contribution in [2.24, 2.45) is 5.41 Å². The first kappa shape index (κ1) is 12.8. The number of nitrogens with zero attached hydrogens (tertiary/aromatic N) is 2. The van der Waals surface area contributed by atoms with Gasteiger partial charge in [0.05, 0.1) is 17.8 Å². The zero-order valence-corrected chi connectivity index (χ0v) is 10.9. The van der Waals surface area contributed by atoms with Gasteiger partial charge in [-0.1, -0.05) is 6.42 Å². The fourth-order valence-corrected chi connectivity index (χ4v) is 2.39. The van der Waals surface area contributed by atoms with E-state index in [-0.39, 0.29) is 11.8 Å². The molecule has 0 atom stereocenters. The van der Waals surface area contributed by atoms with Crippen molar-refractivity contribution in [1.82, 2.24) is 9.97 Å². The number of hydrogen-bond donors (Lipinski definition) is 2. The number of aliphatic carboxylic acids is 1. The molecular weight excluding hydrogens is 230 g/mol. The van der Waals surface area contributed by atoms with Crippen molar-refractivity contribution in [2.75, 3.05) is 11.9 Å². The van der Waals surface area contributed by atoms with Gasteiger partial charge < -0.3 is 10.4 Å². The number of anilines is 1. The Morgan fingerprint density at radius 2 is 2.22 bits per heavy atom. The minimum atomic E-state index is -0.719. The molecule has 1 aromatic heterocycles. The minimum Gasteiger partial charge on any atom is -0.481 e. The second-order valence-electron chi connectivity index (χ2n) is 5.22. The maximum atomic E-state index is 10.9. The molecule has 1 heterocycles. The van der Waals surface area contributed by atoms with E-state index in [1.54, 1.807) is 6.20 Å². The summed E-state index contributed by atoms with van der Waals surface area (Å²) in [6.07, 6.45) is 5.04. The fraction of sp³-hybridized carbons (Fsp3) is 0.615. The number of rotatable bonds is 5. The van der Waals surface area contributed by atoms with Gasteiger partial charge in [-0.05, 0) is 32.1 Å². The van der Waals surface area contributed by atoms with Crippen LogP contribution in [-0.4, -0.2) is 27.6 Å². The van der Waals surface area contributed by atoms with Crippen LogP contribution in [0.2, 0.25) is 0 Å². The first-order chi connectivity index (χ1) is 8.51. The van der Waals surface area contributed by atoms with Gasteiger partial charge in [0.1, 0.15) is 5.82 Å². The minimum absolute atomic E-state index is 0.0936. The molecule has 0 unspecified atom stereocenters. The highest BCUT2D eigenvalue weighted by molar-refractivity contribution is 5.68. The van der Waals surface area contributed by atoms with Crippen LogP contribution >= 0.6 is 0 Å². The second kappa shape index (κ2) is 4.92. The van der Waals surface area contributed by atoms with E-state index in [4.69, 9.17) is 5.11 Å². The third-order valence-corrected chi connectivity index (χ3v) is 3.65. The van der Waals surface area contributed by atoms with Gasteiger partial charge in [-0.3, -0.25) is 9.78 Å². The molecule has 5 nitrogen and oxygen atoms in total. The van der Waals surface area contributed by atoms with E-state index in [9.17, 15) is 4.79 Å². The first-order valence-electron chi connectivity index (χ1n) is 6.27. The summed E-state index contributed by atoms with van der Waals surface area (Å²) in [5, 5.41) is 12.2. The Morgan fingerprint density at radius 3 is 2.78 bits per heavy atom. The second-order valence-corrected chi connectivity index (χ2v) is 5.22. The number of aromatic nitrogens is 2. The Morgan fingerprint density at radius 1 is 1.50 bits per heavy atom. The maximum absolute atomic E-state index is 10.9. The third kappa shape index (κ3) is 2.78. The van der Waals surface area contributed by atoms with E-state index >= 15 is 0 Å². The zero-order valence-electron chi connectivity index (χ0n) is 10.9. The largest absolute Gasteiger partial charge is 0.481 e. The molecule has 1 aliphatic rings. The lowest BCUT2D eigenvalue weighted by Crippen LogP contribution is -2.38. The van der Waals surface area contributed by atoms with Gasteiger partial charge in [-0.2, -0.15) is 0 Å². The van der Waals surface area contributed by atoms with Gasteiger partial charge in [0.15, 0.2) is 0 Å². The molecule has 0 amide bonds. The molecule has 0 radical (unpaired) electrons. The van der Waals surface area contributed by atoms with Crippen molar-refractivity contribution in [3.8, 4) is 0 Å². The quantitative estimate of drug-likeness (QED) is 0.836. The van der Waals surface area contributed by atoms with Crippen molar-refractivity contribution < 1.29 is 9.90 Å². The number of carbonyl (C=O) groups is 1. The lowest BCUT2D eigenvalue weighted by molar-refractivity contribution is -0.141. The summed E-state index contributed by atoms with van der Waals surface area (Å²) in [5.41, 5.74) is 1.62. The van der Waals surface area contributed by atoms with Gasteiger partial charge in [0.25, 0.3) is 0 Å². The summed E-state index contributed by atoms with van der Waals surface area (Å²) in [4.78, 5) is 19.5. The Labute approximate surface area is 107 Å². The Bertz CT molecular complexity index is 456. The number of hydrogen-bond acceptors (Lipinski definition) is 4. The molecule has 1 fully saturated rings. The summed E-state index contributed by atoms with van der Waals surface area (Å²) in [6.45, 7) is 4.46. The molecule has 2 N–H and O–H groups in total. The van der Waals surface area contributed by atoms with Gasteiger partial charge in [-0.15, -0.1) is 0 Å². The van der Waals surface area contributed by atoms with Gasteiger partial charge in [-0.25, -0.2) is 4.98 Å². The lowest BCUT2D eigenvalue weighted by Gasteiger charge is -2.41. The van der Waals surface area contributed by atoms with E-state index in [0.29, 0.717) is 6.54 Å². The van der Waals surface area contributed by atoms with Gasteiger partial charge in [0.2, 0.25) is 0 Å². The molecule has 1 aliphatic carbocycles. The first-order valence-corrected chi connectivity index (χ1v) is 6.27.